The van der Waals surface area contributed by atoms with Gasteiger partial charge in [-0.15, -0.1) is 5.10 Å². The fraction of sp³-hybridized carbons (Fsp3) is 0.316. The summed E-state index contributed by atoms with van der Waals surface area (Å²) >= 11 is 12.4. The molecule has 0 saturated carbocycles. The van der Waals surface area contributed by atoms with Crippen molar-refractivity contribution in [3.63, 3.8) is 0 Å². The number of hydrogen-bond acceptors (Lipinski definition) is 5. The smallest absolute Gasteiger partial charge is 0.219 e. The third-order valence-corrected chi connectivity index (χ3v) is 5.35. The zero-order valence-electron chi connectivity index (χ0n) is 15.5. The Balaban J connectivity index is 1.82. The van der Waals surface area contributed by atoms with Gasteiger partial charge in [0, 0.05) is 50.4 Å². The number of hydrogen-bond donors (Lipinski definition) is 0. The van der Waals surface area contributed by atoms with E-state index >= 15 is 0 Å². The van der Waals surface area contributed by atoms with E-state index in [0.717, 1.165) is 22.4 Å². The number of halogens is 2. The van der Waals surface area contributed by atoms with Crippen LogP contribution in [0.25, 0.3) is 16.6 Å². The first-order valence-electron chi connectivity index (χ1n) is 8.86. The van der Waals surface area contributed by atoms with Crippen molar-refractivity contribution in [1.29, 1.82) is 0 Å². The number of carbonyl (C=O) groups is 1. The molecule has 9 heteroatoms. The number of rotatable bonds is 3. The van der Waals surface area contributed by atoms with Crippen LogP contribution in [0, 0.1) is 0 Å². The van der Waals surface area contributed by atoms with E-state index in [0.29, 0.717) is 42.1 Å². The Labute approximate surface area is 172 Å². The van der Waals surface area contributed by atoms with Crippen LogP contribution < -0.4 is 9.64 Å². The highest BCUT2D eigenvalue weighted by atomic mass is 35.5. The Morgan fingerprint density at radius 1 is 1.14 bits per heavy atom. The molecule has 0 aliphatic carbocycles. The molecule has 7 nitrogen and oxygen atoms in total. The van der Waals surface area contributed by atoms with E-state index in [4.69, 9.17) is 33.0 Å². The van der Waals surface area contributed by atoms with Crippen molar-refractivity contribution in [3.8, 4) is 11.4 Å². The molecule has 28 heavy (non-hydrogen) atoms. The molecule has 1 fully saturated rings. The molecule has 0 radical (unpaired) electrons. The summed E-state index contributed by atoms with van der Waals surface area (Å²) < 4.78 is 7.28. The summed E-state index contributed by atoms with van der Waals surface area (Å²) in [4.78, 5) is 19.9. The molecule has 3 aromatic rings. The second kappa shape index (κ2) is 7.48. The second-order valence-corrected chi connectivity index (χ2v) is 7.39. The van der Waals surface area contributed by atoms with E-state index in [1.807, 2.05) is 4.90 Å². The van der Waals surface area contributed by atoms with Crippen LogP contribution in [-0.2, 0) is 4.79 Å². The molecule has 0 bridgehead atoms. The van der Waals surface area contributed by atoms with Gasteiger partial charge in [-0.1, -0.05) is 23.2 Å². The van der Waals surface area contributed by atoms with Crippen molar-refractivity contribution in [2.24, 2.45) is 0 Å². The summed E-state index contributed by atoms with van der Waals surface area (Å²) in [6.07, 6.45) is 1.73. The highest BCUT2D eigenvalue weighted by Gasteiger charge is 2.24. The minimum atomic E-state index is 0.0900. The Kier molecular flexibility index (Phi) is 5.03. The number of fused-ring (bicyclic) bond motifs is 1. The maximum atomic E-state index is 11.6. The number of anilines is 1. The molecular weight excluding hydrogens is 401 g/mol. The average molecular weight is 420 g/mol. The van der Waals surface area contributed by atoms with Gasteiger partial charge in [-0.2, -0.15) is 0 Å². The van der Waals surface area contributed by atoms with Crippen LogP contribution in [0.4, 0.5) is 5.82 Å². The van der Waals surface area contributed by atoms with Crippen molar-refractivity contribution in [2.75, 3.05) is 38.2 Å². The highest BCUT2D eigenvalue weighted by Crippen LogP contribution is 2.34. The van der Waals surface area contributed by atoms with Gasteiger partial charge in [0.1, 0.15) is 16.6 Å². The Morgan fingerprint density at radius 2 is 1.89 bits per heavy atom. The molecule has 2 aromatic heterocycles. The zero-order valence-corrected chi connectivity index (χ0v) is 17.0. The summed E-state index contributed by atoms with van der Waals surface area (Å²) in [6.45, 7) is 4.30. The first-order valence-corrected chi connectivity index (χ1v) is 9.62. The predicted molar refractivity (Wildman–Crippen MR) is 110 cm³/mol. The van der Waals surface area contributed by atoms with Crippen LogP contribution in [0.2, 0.25) is 10.2 Å². The lowest BCUT2D eigenvalue weighted by Gasteiger charge is -2.34. The normalized spacial score (nSPS) is 14.6. The van der Waals surface area contributed by atoms with Gasteiger partial charge in [0.25, 0.3) is 0 Å². The van der Waals surface area contributed by atoms with Crippen molar-refractivity contribution in [3.05, 3.63) is 40.6 Å². The number of carbonyl (C=O) groups excluding carboxylic acids is 1. The molecular formula is C19H19Cl2N5O2. The van der Waals surface area contributed by atoms with Crippen molar-refractivity contribution < 1.29 is 9.53 Å². The van der Waals surface area contributed by atoms with Gasteiger partial charge in [-0.25, -0.2) is 9.67 Å². The molecule has 146 valence electrons. The molecule has 0 N–H and O–H groups in total. The number of nitrogens with zero attached hydrogens (tertiary/aromatic N) is 5. The summed E-state index contributed by atoms with van der Waals surface area (Å²) in [6, 6.07) is 7.16. The van der Waals surface area contributed by atoms with Gasteiger partial charge in [0.2, 0.25) is 5.91 Å². The van der Waals surface area contributed by atoms with Gasteiger partial charge < -0.3 is 14.5 Å². The van der Waals surface area contributed by atoms with Crippen LogP contribution >= 0.6 is 23.2 Å². The molecule has 1 amide bonds. The van der Waals surface area contributed by atoms with Gasteiger partial charge in [-0.05, 0) is 18.2 Å². The lowest BCUT2D eigenvalue weighted by Crippen LogP contribution is -2.48. The Hall–Kier alpha value is -2.51. The first-order chi connectivity index (χ1) is 13.5. The van der Waals surface area contributed by atoms with Gasteiger partial charge in [0.15, 0.2) is 5.82 Å². The number of ether oxygens (including phenoxy) is 1. The number of pyridine rings is 1. The van der Waals surface area contributed by atoms with E-state index in [9.17, 15) is 4.79 Å². The minimum Gasteiger partial charge on any atom is -0.494 e. The van der Waals surface area contributed by atoms with Crippen molar-refractivity contribution in [2.45, 2.75) is 6.92 Å². The fourth-order valence-corrected chi connectivity index (χ4v) is 3.77. The maximum absolute atomic E-state index is 11.6. The third kappa shape index (κ3) is 3.36. The molecule has 0 unspecified atom stereocenters. The van der Waals surface area contributed by atoms with E-state index in [-0.39, 0.29) is 5.91 Å². The molecule has 0 atom stereocenters. The standard InChI is InChI=1S/C19H19Cl2N5O2/c1-12(27)24-5-7-25(8-6-24)19-14-11-22-18(21)10-15(14)26(23-19)16-9-13(20)3-4-17(16)28-2/h3-4,9-11H,5-8H2,1-2H3. The first kappa shape index (κ1) is 18.8. The lowest BCUT2D eigenvalue weighted by atomic mass is 10.2. The highest BCUT2D eigenvalue weighted by molar-refractivity contribution is 6.31. The zero-order chi connectivity index (χ0) is 19.8. The summed E-state index contributed by atoms with van der Waals surface area (Å²) in [7, 11) is 1.61. The number of methoxy groups -OCH3 is 1. The van der Waals surface area contributed by atoms with E-state index < -0.39 is 0 Å². The fourth-order valence-electron chi connectivity index (χ4n) is 3.45. The largest absolute Gasteiger partial charge is 0.494 e. The van der Waals surface area contributed by atoms with E-state index in [1.54, 1.807) is 49.2 Å². The number of benzene rings is 1. The minimum absolute atomic E-state index is 0.0900. The lowest BCUT2D eigenvalue weighted by molar-refractivity contribution is -0.129. The Bertz CT molecular complexity index is 1040. The van der Waals surface area contributed by atoms with Gasteiger partial charge in [-0.3, -0.25) is 4.79 Å². The third-order valence-electron chi connectivity index (χ3n) is 4.91. The molecule has 4 rings (SSSR count). The topological polar surface area (TPSA) is 63.5 Å². The molecule has 1 aliphatic heterocycles. The number of amides is 1. The SMILES string of the molecule is COc1ccc(Cl)cc1-n1nc(N2CCN(C(C)=O)CC2)c2cnc(Cl)cc21. The van der Waals surface area contributed by atoms with Crippen LogP contribution in [-0.4, -0.2) is 58.9 Å². The Morgan fingerprint density at radius 3 is 2.57 bits per heavy atom. The van der Waals surface area contributed by atoms with Crippen LogP contribution in [0.1, 0.15) is 6.92 Å². The van der Waals surface area contributed by atoms with Crippen molar-refractivity contribution >= 4 is 45.8 Å². The number of piperazine rings is 1. The molecule has 1 saturated heterocycles. The molecule has 1 aliphatic rings. The van der Waals surface area contributed by atoms with Crippen molar-refractivity contribution in [1.82, 2.24) is 19.7 Å². The molecule has 1 aromatic carbocycles. The van der Waals surface area contributed by atoms with Crippen LogP contribution in [0.5, 0.6) is 5.75 Å². The monoisotopic (exact) mass is 419 g/mol. The van der Waals surface area contributed by atoms with Crippen LogP contribution in [0.3, 0.4) is 0 Å². The van der Waals surface area contributed by atoms with E-state index in [1.165, 1.54) is 0 Å². The van der Waals surface area contributed by atoms with E-state index in [2.05, 4.69) is 9.88 Å². The predicted octanol–water partition coefficient (Wildman–Crippen LogP) is 3.40. The van der Waals surface area contributed by atoms with Crippen LogP contribution in [0.15, 0.2) is 30.5 Å². The number of aromatic nitrogens is 3. The summed E-state index contributed by atoms with van der Waals surface area (Å²) in [5.74, 6) is 1.53. The van der Waals surface area contributed by atoms with Gasteiger partial charge in [0.05, 0.1) is 18.0 Å². The quantitative estimate of drug-likeness (QED) is 0.608. The van der Waals surface area contributed by atoms with Gasteiger partial charge >= 0.3 is 0 Å². The molecule has 0 spiro atoms. The summed E-state index contributed by atoms with van der Waals surface area (Å²) in [5, 5.41) is 6.68. The summed E-state index contributed by atoms with van der Waals surface area (Å²) in [5.41, 5.74) is 1.53. The molecule has 3 heterocycles. The maximum Gasteiger partial charge on any atom is 0.219 e. The average Bonchev–Trinajstić information content (AvgIpc) is 3.06. The second-order valence-electron chi connectivity index (χ2n) is 6.57.